The highest BCUT2D eigenvalue weighted by Crippen LogP contribution is 2.17. The Morgan fingerprint density at radius 3 is 2.75 bits per heavy atom. The molecule has 0 spiro atoms. The second-order valence-electron chi connectivity index (χ2n) is 3.56. The fraction of sp³-hybridized carbons (Fsp3) is 0.273. The van der Waals surface area contributed by atoms with Gasteiger partial charge in [0.15, 0.2) is 0 Å². The first-order chi connectivity index (χ1) is 7.65. The largest absolute Gasteiger partial charge is 0.408 e. The topological polar surface area (TPSA) is 51.0 Å². The Balaban J connectivity index is 2.02. The van der Waals surface area contributed by atoms with Crippen molar-refractivity contribution in [2.75, 3.05) is 5.32 Å². The molecule has 16 heavy (non-hydrogen) atoms. The molecule has 0 aliphatic heterocycles. The molecule has 2 rings (SSSR count). The standard InChI is InChI=1S/C11H12ClN3O/c1-7-5-9(3-4-10(7)12)6-13-11-15-14-8(2)16-11/h3-5H,6H2,1-2H3,(H,13,15). The second kappa shape index (κ2) is 4.53. The average molecular weight is 238 g/mol. The molecule has 0 saturated heterocycles. The molecule has 1 aromatic carbocycles. The monoisotopic (exact) mass is 237 g/mol. The van der Waals surface area contributed by atoms with Gasteiger partial charge in [-0.25, -0.2) is 0 Å². The van der Waals surface area contributed by atoms with Gasteiger partial charge in [-0.3, -0.25) is 0 Å². The molecule has 1 N–H and O–H groups in total. The molecule has 0 amide bonds. The average Bonchev–Trinajstić information content (AvgIpc) is 2.66. The van der Waals surface area contributed by atoms with Gasteiger partial charge < -0.3 is 9.73 Å². The van der Waals surface area contributed by atoms with E-state index in [9.17, 15) is 0 Å². The van der Waals surface area contributed by atoms with Crippen molar-refractivity contribution in [1.82, 2.24) is 10.2 Å². The predicted octanol–water partition coefficient (Wildman–Crippen LogP) is 2.95. The van der Waals surface area contributed by atoms with E-state index in [0.29, 0.717) is 18.5 Å². The van der Waals surface area contributed by atoms with E-state index >= 15 is 0 Å². The number of hydrogen-bond acceptors (Lipinski definition) is 4. The lowest BCUT2D eigenvalue weighted by molar-refractivity contribution is 0.530. The number of hydrogen-bond donors (Lipinski definition) is 1. The van der Waals surface area contributed by atoms with Crippen LogP contribution in [0.4, 0.5) is 6.01 Å². The van der Waals surface area contributed by atoms with Crippen molar-refractivity contribution >= 4 is 17.6 Å². The fourth-order valence-corrected chi connectivity index (χ4v) is 1.48. The maximum atomic E-state index is 5.94. The third-order valence-electron chi connectivity index (χ3n) is 2.19. The molecule has 84 valence electrons. The molecule has 0 bridgehead atoms. The molecule has 0 aliphatic carbocycles. The van der Waals surface area contributed by atoms with E-state index in [4.69, 9.17) is 16.0 Å². The Labute approximate surface area is 98.6 Å². The number of nitrogens with zero attached hydrogens (tertiary/aromatic N) is 2. The Bertz CT molecular complexity index is 496. The molecule has 4 nitrogen and oxygen atoms in total. The summed E-state index contributed by atoms with van der Waals surface area (Å²) in [6, 6.07) is 6.31. The van der Waals surface area contributed by atoms with Gasteiger partial charge in [-0.2, -0.15) is 0 Å². The Morgan fingerprint density at radius 1 is 1.31 bits per heavy atom. The van der Waals surface area contributed by atoms with Gasteiger partial charge in [0, 0.05) is 18.5 Å². The number of aromatic nitrogens is 2. The van der Waals surface area contributed by atoms with E-state index in [1.807, 2.05) is 25.1 Å². The predicted molar refractivity (Wildman–Crippen MR) is 62.6 cm³/mol. The summed E-state index contributed by atoms with van der Waals surface area (Å²) >= 11 is 5.94. The van der Waals surface area contributed by atoms with Crippen LogP contribution in [0.2, 0.25) is 5.02 Å². The molecule has 1 aromatic heterocycles. The first-order valence-corrected chi connectivity index (χ1v) is 5.32. The van der Waals surface area contributed by atoms with Gasteiger partial charge in [0.05, 0.1) is 0 Å². The van der Waals surface area contributed by atoms with Gasteiger partial charge in [-0.1, -0.05) is 28.8 Å². The van der Waals surface area contributed by atoms with Crippen molar-refractivity contribution < 1.29 is 4.42 Å². The van der Waals surface area contributed by atoms with E-state index in [-0.39, 0.29) is 0 Å². The normalized spacial score (nSPS) is 10.4. The minimum absolute atomic E-state index is 0.435. The molecule has 0 saturated carbocycles. The lowest BCUT2D eigenvalue weighted by Crippen LogP contribution is -1.99. The van der Waals surface area contributed by atoms with Gasteiger partial charge in [-0.15, -0.1) is 5.10 Å². The minimum Gasteiger partial charge on any atom is -0.408 e. The molecule has 0 aliphatic rings. The van der Waals surface area contributed by atoms with E-state index in [1.165, 1.54) is 0 Å². The third-order valence-corrected chi connectivity index (χ3v) is 2.62. The van der Waals surface area contributed by atoms with E-state index in [2.05, 4.69) is 15.5 Å². The highest BCUT2D eigenvalue weighted by Gasteiger charge is 2.02. The van der Waals surface area contributed by atoms with Crippen LogP contribution in [0.5, 0.6) is 0 Å². The zero-order valence-corrected chi connectivity index (χ0v) is 9.88. The smallest absolute Gasteiger partial charge is 0.315 e. The quantitative estimate of drug-likeness (QED) is 0.892. The van der Waals surface area contributed by atoms with Crippen LogP contribution < -0.4 is 5.32 Å². The summed E-state index contributed by atoms with van der Waals surface area (Å²) in [5.74, 6) is 0.551. The van der Waals surface area contributed by atoms with E-state index < -0.39 is 0 Å². The van der Waals surface area contributed by atoms with Crippen LogP contribution in [0.1, 0.15) is 17.0 Å². The minimum atomic E-state index is 0.435. The fourth-order valence-electron chi connectivity index (χ4n) is 1.36. The van der Waals surface area contributed by atoms with Gasteiger partial charge in [-0.05, 0) is 24.1 Å². The summed E-state index contributed by atoms with van der Waals surface area (Å²) in [5, 5.41) is 11.4. The lowest BCUT2D eigenvalue weighted by atomic mass is 10.1. The molecular formula is C11H12ClN3O. The van der Waals surface area contributed by atoms with Gasteiger partial charge in [0.2, 0.25) is 5.89 Å². The molecule has 0 atom stereocenters. The van der Waals surface area contributed by atoms with Crippen molar-refractivity contribution in [2.24, 2.45) is 0 Å². The summed E-state index contributed by atoms with van der Waals surface area (Å²) in [5.41, 5.74) is 2.18. The van der Waals surface area contributed by atoms with Gasteiger partial charge in [0.1, 0.15) is 0 Å². The van der Waals surface area contributed by atoms with Crippen LogP contribution >= 0.6 is 11.6 Å². The molecule has 0 radical (unpaired) electrons. The van der Waals surface area contributed by atoms with Crippen LogP contribution in [0.15, 0.2) is 22.6 Å². The first-order valence-electron chi connectivity index (χ1n) is 4.94. The van der Waals surface area contributed by atoms with Crippen LogP contribution in [0.3, 0.4) is 0 Å². The van der Waals surface area contributed by atoms with E-state index in [1.54, 1.807) is 6.92 Å². The van der Waals surface area contributed by atoms with Crippen LogP contribution in [0.25, 0.3) is 0 Å². The van der Waals surface area contributed by atoms with Crippen molar-refractivity contribution in [1.29, 1.82) is 0 Å². The number of rotatable bonds is 3. The van der Waals surface area contributed by atoms with E-state index in [0.717, 1.165) is 16.1 Å². The SMILES string of the molecule is Cc1nnc(NCc2ccc(Cl)c(C)c2)o1. The number of anilines is 1. The zero-order valence-electron chi connectivity index (χ0n) is 9.12. The summed E-state index contributed by atoms with van der Waals surface area (Å²) in [6.45, 7) is 4.37. The first kappa shape index (κ1) is 11.0. The summed E-state index contributed by atoms with van der Waals surface area (Å²) in [7, 11) is 0. The summed E-state index contributed by atoms with van der Waals surface area (Å²) in [6.07, 6.45) is 0. The third kappa shape index (κ3) is 2.52. The molecular weight excluding hydrogens is 226 g/mol. The Kier molecular flexibility index (Phi) is 3.10. The summed E-state index contributed by atoms with van der Waals surface area (Å²) < 4.78 is 5.20. The number of nitrogens with one attached hydrogen (secondary N) is 1. The number of aryl methyl sites for hydroxylation is 2. The van der Waals surface area contributed by atoms with Crippen molar-refractivity contribution in [3.05, 3.63) is 40.2 Å². The summed E-state index contributed by atoms with van der Waals surface area (Å²) in [4.78, 5) is 0. The highest BCUT2D eigenvalue weighted by atomic mass is 35.5. The maximum Gasteiger partial charge on any atom is 0.315 e. The zero-order chi connectivity index (χ0) is 11.5. The molecule has 1 heterocycles. The number of halogens is 1. The highest BCUT2D eigenvalue weighted by molar-refractivity contribution is 6.31. The lowest BCUT2D eigenvalue weighted by Gasteiger charge is -2.04. The Hall–Kier alpha value is -1.55. The van der Waals surface area contributed by atoms with Crippen LogP contribution in [0, 0.1) is 13.8 Å². The van der Waals surface area contributed by atoms with Crippen molar-refractivity contribution in [3.8, 4) is 0 Å². The van der Waals surface area contributed by atoms with Crippen LogP contribution in [-0.4, -0.2) is 10.2 Å². The van der Waals surface area contributed by atoms with Crippen LogP contribution in [-0.2, 0) is 6.54 Å². The maximum absolute atomic E-state index is 5.94. The molecule has 0 unspecified atom stereocenters. The molecule has 5 heteroatoms. The molecule has 0 fully saturated rings. The Morgan fingerprint density at radius 2 is 2.12 bits per heavy atom. The molecule has 2 aromatic rings. The van der Waals surface area contributed by atoms with Gasteiger partial charge in [0.25, 0.3) is 0 Å². The number of benzene rings is 1. The van der Waals surface area contributed by atoms with Crippen molar-refractivity contribution in [3.63, 3.8) is 0 Å². The second-order valence-corrected chi connectivity index (χ2v) is 3.97. The van der Waals surface area contributed by atoms with Crippen molar-refractivity contribution in [2.45, 2.75) is 20.4 Å². The van der Waals surface area contributed by atoms with Gasteiger partial charge >= 0.3 is 6.01 Å².